The van der Waals surface area contributed by atoms with E-state index in [0.29, 0.717) is 5.95 Å². The van der Waals surface area contributed by atoms with Crippen molar-refractivity contribution in [1.29, 1.82) is 0 Å². The predicted molar refractivity (Wildman–Crippen MR) is 102 cm³/mol. The molecular weight excluding hydrogens is 331 g/mol. The maximum atomic E-state index is 13.0. The highest BCUT2D eigenvalue weighted by atomic mass is 19.1. The Hall–Kier alpha value is -3.15. The molecule has 0 atom stereocenters. The quantitative estimate of drug-likeness (QED) is 0.663. The van der Waals surface area contributed by atoms with Crippen LogP contribution in [0.2, 0.25) is 0 Å². The van der Waals surface area contributed by atoms with Crippen LogP contribution in [0.25, 0.3) is 0 Å². The van der Waals surface area contributed by atoms with Crippen molar-refractivity contribution in [3.63, 3.8) is 0 Å². The standard InChI is InChI=1S/C20H21FN4O/c1-14-12-19(22-11-10-15-4-3-5-18(13-15)26-2)25-20(23-14)24-17-8-6-16(21)7-9-17/h3-9,12-13H,10-11H2,1-2H3,(H2,22,23,24,25). The third-order valence-corrected chi connectivity index (χ3v) is 3.81. The smallest absolute Gasteiger partial charge is 0.229 e. The number of methoxy groups -OCH3 is 1. The Bertz CT molecular complexity index is 868. The van der Waals surface area contributed by atoms with E-state index in [9.17, 15) is 4.39 Å². The zero-order valence-corrected chi connectivity index (χ0v) is 14.8. The van der Waals surface area contributed by atoms with Gasteiger partial charge in [0.05, 0.1) is 7.11 Å². The van der Waals surface area contributed by atoms with Crippen molar-refractivity contribution in [2.45, 2.75) is 13.3 Å². The summed E-state index contributed by atoms with van der Waals surface area (Å²) in [7, 11) is 1.66. The molecule has 5 nitrogen and oxygen atoms in total. The first-order chi connectivity index (χ1) is 12.6. The van der Waals surface area contributed by atoms with E-state index in [2.05, 4.69) is 26.7 Å². The van der Waals surface area contributed by atoms with Gasteiger partial charge in [-0.2, -0.15) is 4.98 Å². The van der Waals surface area contributed by atoms with Gasteiger partial charge in [0, 0.05) is 24.0 Å². The summed E-state index contributed by atoms with van der Waals surface area (Å²) in [6, 6.07) is 16.0. The normalized spacial score (nSPS) is 10.4. The van der Waals surface area contributed by atoms with Crippen molar-refractivity contribution >= 4 is 17.5 Å². The molecule has 0 radical (unpaired) electrons. The summed E-state index contributed by atoms with van der Waals surface area (Å²) < 4.78 is 18.2. The number of hydrogen-bond acceptors (Lipinski definition) is 5. The zero-order chi connectivity index (χ0) is 18.4. The molecule has 0 bridgehead atoms. The highest BCUT2D eigenvalue weighted by Gasteiger charge is 2.04. The lowest BCUT2D eigenvalue weighted by Crippen LogP contribution is -2.08. The van der Waals surface area contributed by atoms with Crippen LogP contribution in [-0.2, 0) is 6.42 Å². The van der Waals surface area contributed by atoms with Crippen LogP contribution in [0.3, 0.4) is 0 Å². The minimum Gasteiger partial charge on any atom is -0.497 e. The second kappa shape index (κ2) is 8.29. The molecule has 0 saturated carbocycles. The molecule has 1 heterocycles. The third-order valence-electron chi connectivity index (χ3n) is 3.81. The van der Waals surface area contributed by atoms with Crippen LogP contribution < -0.4 is 15.4 Å². The molecule has 1 aromatic heterocycles. The Balaban J connectivity index is 1.62. The number of rotatable bonds is 7. The molecule has 3 aromatic rings. The van der Waals surface area contributed by atoms with Crippen LogP contribution in [0.4, 0.5) is 21.8 Å². The zero-order valence-electron chi connectivity index (χ0n) is 14.8. The van der Waals surface area contributed by atoms with Crippen molar-refractivity contribution in [2.75, 3.05) is 24.3 Å². The maximum absolute atomic E-state index is 13.0. The fourth-order valence-electron chi connectivity index (χ4n) is 2.54. The van der Waals surface area contributed by atoms with Gasteiger partial charge in [0.1, 0.15) is 17.4 Å². The molecule has 0 unspecified atom stereocenters. The Morgan fingerprint density at radius 3 is 2.62 bits per heavy atom. The van der Waals surface area contributed by atoms with E-state index in [1.807, 2.05) is 31.2 Å². The van der Waals surface area contributed by atoms with E-state index in [4.69, 9.17) is 4.74 Å². The number of benzene rings is 2. The molecular formula is C20H21FN4O. The number of halogens is 1. The van der Waals surface area contributed by atoms with E-state index in [1.54, 1.807) is 19.2 Å². The second-order valence-corrected chi connectivity index (χ2v) is 5.88. The molecule has 0 aliphatic rings. The van der Waals surface area contributed by atoms with E-state index in [-0.39, 0.29) is 5.82 Å². The van der Waals surface area contributed by atoms with Crippen molar-refractivity contribution in [2.24, 2.45) is 0 Å². The summed E-state index contributed by atoms with van der Waals surface area (Å²) in [5.74, 6) is 1.79. The Labute approximate surface area is 152 Å². The van der Waals surface area contributed by atoms with Crippen molar-refractivity contribution < 1.29 is 9.13 Å². The first-order valence-corrected chi connectivity index (χ1v) is 8.37. The minimum atomic E-state index is -0.277. The van der Waals surface area contributed by atoms with Gasteiger partial charge in [0.25, 0.3) is 0 Å². The van der Waals surface area contributed by atoms with E-state index in [0.717, 1.165) is 35.9 Å². The van der Waals surface area contributed by atoms with Gasteiger partial charge in [-0.05, 0) is 55.3 Å². The Kier molecular flexibility index (Phi) is 5.63. The lowest BCUT2D eigenvalue weighted by Gasteiger charge is -2.10. The van der Waals surface area contributed by atoms with Gasteiger partial charge in [-0.3, -0.25) is 0 Å². The molecule has 6 heteroatoms. The molecule has 0 fully saturated rings. The molecule has 2 aromatic carbocycles. The van der Waals surface area contributed by atoms with Gasteiger partial charge in [0.15, 0.2) is 0 Å². The van der Waals surface area contributed by atoms with Crippen molar-refractivity contribution in [3.8, 4) is 5.75 Å². The van der Waals surface area contributed by atoms with Gasteiger partial charge in [0.2, 0.25) is 5.95 Å². The maximum Gasteiger partial charge on any atom is 0.229 e. The van der Waals surface area contributed by atoms with Crippen LogP contribution in [0.15, 0.2) is 54.6 Å². The third kappa shape index (κ3) is 4.92. The first-order valence-electron chi connectivity index (χ1n) is 8.37. The average Bonchev–Trinajstić information content (AvgIpc) is 2.63. The monoisotopic (exact) mass is 352 g/mol. The highest BCUT2D eigenvalue weighted by molar-refractivity contribution is 5.55. The largest absolute Gasteiger partial charge is 0.497 e. The number of hydrogen-bond donors (Lipinski definition) is 2. The number of aromatic nitrogens is 2. The van der Waals surface area contributed by atoms with E-state index >= 15 is 0 Å². The van der Waals surface area contributed by atoms with Crippen LogP contribution in [-0.4, -0.2) is 23.6 Å². The summed E-state index contributed by atoms with van der Waals surface area (Å²) in [6.45, 7) is 2.64. The number of aryl methyl sites for hydroxylation is 1. The molecule has 3 rings (SSSR count). The van der Waals surface area contributed by atoms with E-state index in [1.165, 1.54) is 17.7 Å². The molecule has 26 heavy (non-hydrogen) atoms. The fourth-order valence-corrected chi connectivity index (χ4v) is 2.54. The Morgan fingerprint density at radius 1 is 1.04 bits per heavy atom. The fraction of sp³-hybridized carbons (Fsp3) is 0.200. The molecule has 134 valence electrons. The summed E-state index contributed by atoms with van der Waals surface area (Å²) >= 11 is 0. The SMILES string of the molecule is COc1cccc(CCNc2cc(C)nc(Nc3ccc(F)cc3)n2)c1. The molecule has 0 amide bonds. The van der Waals surface area contributed by atoms with Crippen molar-refractivity contribution in [1.82, 2.24) is 9.97 Å². The van der Waals surface area contributed by atoms with Gasteiger partial charge < -0.3 is 15.4 Å². The Morgan fingerprint density at radius 2 is 1.85 bits per heavy atom. The molecule has 0 saturated heterocycles. The minimum absolute atomic E-state index is 0.277. The lowest BCUT2D eigenvalue weighted by molar-refractivity contribution is 0.414. The number of ether oxygens (including phenoxy) is 1. The molecule has 0 spiro atoms. The van der Waals surface area contributed by atoms with Gasteiger partial charge in [-0.1, -0.05) is 12.1 Å². The highest BCUT2D eigenvalue weighted by Crippen LogP contribution is 2.17. The summed E-state index contributed by atoms with van der Waals surface area (Å²) in [6.07, 6.45) is 0.848. The van der Waals surface area contributed by atoms with Gasteiger partial charge in [-0.15, -0.1) is 0 Å². The topological polar surface area (TPSA) is 59.1 Å². The van der Waals surface area contributed by atoms with Crippen LogP contribution in [0, 0.1) is 12.7 Å². The van der Waals surface area contributed by atoms with E-state index < -0.39 is 0 Å². The van der Waals surface area contributed by atoms with Gasteiger partial charge in [-0.25, -0.2) is 9.37 Å². The number of anilines is 3. The second-order valence-electron chi connectivity index (χ2n) is 5.88. The predicted octanol–water partition coefficient (Wildman–Crippen LogP) is 4.33. The van der Waals surface area contributed by atoms with Gasteiger partial charge >= 0.3 is 0 Å². The average molecular weight is 352 g/mol. The summed E-state index contributed by atoms with van der Waals surface area (Å²) in [5.41, 5.74) is 2.76. The lowest BCUT2D eigenvalue weighted by atomic mass is 10.1. The van der Waals surface area contributed by atoms with Crippen molar-refractivity contribution in [3.05, 3.63) is 71.7 Å². The number of nitrogens with zero attached hydrogens (tertiary/aromatic N) is 2. The summed E-state index contributed by atoms with van der Waals surface area (Å²) in [5, 5.41) is 6.40. The van der Waals surface area contributed by atoms with Crippen LogP contribution in [0.1, 0.15) is 11.3 Å². The molecule has 0 aliphatic heterocycles. The number of nitrogens with one attached hydrogen (secondary N) is 2. The molecule has 2 N–H and O–H groups in total. The first kappa shape index (κ1) is 17.7. The molecule has 0 aliphatic carbocycles. The van der Waals surface area contributed by atoms with Crippen LogP contribution >= 0.6 is 0 Å². The van der Waals surface area contributed by atoms with Crippen LogP contribution in [0.5, 0.6) is 5.75 Å². The summed E-state index contributed by atoms with van der Waals surface area (Å²) in [4.78, 5) is 8.83.